The Bertz CT molecular complexity index is 931. The summed E-state index contributed by atoms with van der Waals surface area (Å²) in [5.41, 5.74) is 0.749. The fourth-order valence-corrected chi connectivity index (χ4v) is 3.10. The third-order valence-corrected chi connectivity index (χ3v) is 4.84. The number of hydrogen-bond acceptors (Lipinski definition) is 7. The number of hydrogen-bond donors (Lipinski definition) is 1. The number of carbonyl (C=O) groups is 2. The molecule has 0 aromatic heterocycles. The molecular weight excluding hydrogens is 393 g/mol. The van der Waals surface area contributed by atoms with Gasteiger partial charge in [0.1, 0.15) is 5.82 Å². The van der Waals surface area contributed by atoms with Crippen LogP contribution in [0.5, 0.6) is 0 Å². The molecule has 0 heterocycles. The van der Waals surface area contributed by atoms with E-state index in [0.717, 1.165) is 12.8 Å². The average molecular weight is 416 g/mol. The van der Waals surface area contributed by atoms with Crippen LogP contribution in [-0.4, -0.2) is 48.7 Å². The van der Waals surface area contributed by atoms with Crippen LogP contribution < -0.4 is 10.1 Å². The molecule has 0 saturated heterocycles. The number of anilines is 2. The molecule has 9 heteroatoms. The molecule has 2 aromatic rings. The number of nitrogens with zero attached hydrogens (tertiary/aromatic N) is 3. The number of benzene rings is 2. The standard InChI is InChI=1S/C21H23FN3O5/c1-23(2)19-10-9-16(25(28)29)11-17(19)21(27)30-13-20(26)24(15-7-8-15)12-14-5-3-4-6-18(14)22/h3-6,9-11,15,28H,7-8,12-13H2,1-2H3/q-1. The lowest BCUT2D eigenvalue weighted by Gasteiger charge is -2.25. The van der Waals surface area contributed by atoms with Gasteiger partial charge in [0.15, 0.2) is 6.61 Å². The molecule has 0 radical (unpaired) electrons. The maximum absolute atomic E-state index is 14.0. The molecule has 0 unspecified atom stereocenters. The third-order valence-electron chi connectivity index (χ3n) is 4.84. The van der Waals surface area contributed by atoms with E-state index in [1.54, 1.807) is 37.2 Å². The predicted molar refractivity (Wildman–Crippen MR) is 109 cm³/mol. The number of halogens is 1. The second kappa shape index (κ2) is 9.10. The predicted octanol–water partition coefficient (Wildman–Crippen LogP) is 2.93. The largest absolute Gasteiger partial charge is 0.733 e. The maximum atomic E-state index is 14.0. The van der Waals surface area contributed by atoms with Gasteiger partial charge in [0.25, 0.3) is 5.91 Å². The van der Waals surface area contributed by atoms with Crippen LogP contribution in [0.2, 0.25) is 0 Å². The summed E-state index contributed by atoms with van der Waals surface area (Å²) in [7, 11) is 3.40. The first kappa shape index (κ1) is 21.5. The Labute approximate surface area is 173 Å². The zero-order valence-corrected chi connectivity index (χ0v) is 16.7. The molecule has 0 atom stereocenters. The smallest absolute Gasteiger partial charge is 0.340 e. The number of ether oxygens (including phenoxy) is 1. The molecule has 2 aromatic carbocycles. The van der Waals surface area contributed by atoms with Crippen LogP contribution in [-0.2, 0) is 16.1 Å². The van der Waals surface area contributed by atoms with Crippen LogP contribution in [0.1, 0.15) is 28.8 Å². The van der Waals surface area contributed by atoms with E-state index in [1.165, 1.54) is 29.2 Å². The first-order valence-corrected chi connectivity index (χ1v) is 9.45. The minimum Gasteiger partial charge on any atom is -0.733 e. The minimum atomic E-state index is -0.808. The minimum absolute atomic E-state index is 0.000109. The highest BCUT2D eigenvalue weighted by Crippen LogP contribution is 2.29. The fourth-order valence-electron chi connectivity index (χ4n) is 3.10. The van der Waals surface area contributed by atoms with E-state index >= 15 is 0 Å². The summed E-state index contributed by atoms with van der Waals surface area (Å²) < 4.78 is 19.2. The lowest BCUT2D eigenvalue weighted by Crippen LogP contribution is -2.36. The highest BCUT2D eigenvalue weighted by Gasteiger charge is 2.33. The molecule has 0 spiro atoms. The topological polar surface area (TPSA) is 96.4 Å². The molecular formula is C21H23FN3O5-. The first-order valence-electron chi connectivity index (χ1n) is 9.45. The van der Waals surface area contributed by atoms with E-state index in [-0.39, 0.29) is 29.1 Å². The van der Waals surface area contributed by atoms with E-state index in [0.29, 0.717) is 11.3 Å². The first-order chi connectivity index (χ1) is 14.3. The molecule has 1 N–H and O–H groups in total. The molecule has 3 rings (SSSR count). The van der Waals surface area contributed by atoms with Gasteiger partial charge in [0, 0.05) is 32.2 Å². The van der Waals surface area contributed by atoms with Crippen LogP contribution in [0, 0.1) is 11.0 Å². The van der Waals surface area contributed by atoms with Crippen LogP contribution >= 0.6 is 0 Å². The van der Waals surface area contributed by atoms with Crippen LogP contribution in [0.25, 0.3) is 0 Å². The van der Waals surface area contributed by atoms with Crippen molar-refractivity contribution < 1.29 is 23.9 Å². The molecule has 1 amide bonds. The van der Waals surface area contributed by atoms with Crippen molar-refractivity contribution in [1.82, 2.24) is 4.90 Å². The Hall–Kier alpha value is -3.17. The molecule has 1 aliphatic carbocycles. The Balaban J connectivity index is 1.71. The van der Waals surface area contributed by atoms with Crippen molar-refractivity contribution in [3.63, 3.8) is 0 Å². The van der Waals surface area contributed by atoms with Crippen molar-refractivity contribution in [3.8, 4) is 0 Å². The van der Waals surface area contributed by atoms with Crippen LogP contribution in [0.3, 0.4) is 0 Å². The van der Waals surface area contributed by atoms with Gasteiger partial charge in [-0.3, -0.25) is 10.0 Å². The fraction of sp³-hybridized carbons (Fsp3) is 0.333. The molecule has 160 valence electrons. The summed E-state index contributed by atoms with van der Waals surface area (Å²) in [6.45, 7) is -0.414. The van der Waals surface area contributed by atoms with Crippen molar-refractivity contribution in [2.75, 3.05) is 30.8 Å². The molecule has 0 aliphatic heterocycles. The van der Waals surface area contributed by atoms with Crippen LogP contribution in [0.15, 0.2) is 42.5 Å². The number of amides is 1. The lowest BCUT2D eigenvalue weighted by molar-refractivity contribution is -0.135. The van der Waals surface area contributed by atoms with Gasteiger partial charge in [-0.2, -0.15) is 0 Å². The zero-order valence-electron chi connectivity index (χ0n) is 16.7. The Morgan fingerprint density at radius 3 is 2.50 bits per heavy atom. The molecule has 30 heavy (non-hydrogen) atoms. The van der Waals surface area contributed by atoms with Gasteiger partial charge in [-0.1, -0.05) is 18.2 Å². The second-order valence-corrected chi connectivity index (χ2v) is 7.29. The Morgan fingerprint density at radius 1 is 1.20 bits per heavy atom. The molecule has 8 nitrogen and oxygen atoms in total. The third kappa shape index (κ3) is 5.05. The quantitative estimate of drug-likeness (QED) is 0.522. The normalized spacial score (nSPS) is 13.0. The van der Waals surface area contributed by atoms with Crippen molar-refractivity contribution >= 4 is 23.3 Å². The zero-order chi connectivity index (χ0) is 21.8. The van der Waals surface area contributed by atoms with Gasteiger partial charge in [0.05, 0.1) is 16.9 Å². The van der Waals surface area contributed by atoms with Gasteiger partial charge in [-0.05, 0) is 37.1 Å². The van der Waals surface area contributed by atoms with Crippen molar-refractivity contribution in [2.24, 2.45) is 0 Å². The summed E-state index contributed by atoms with van der Waals surface area (Å²) in [5, 5.41) is 19.9. The summed E-state index contributed by atoms with van der Waals surface area (Å²) in [6.07, 6.45) is 1.63. The van der Waals surface area contributed by atoms with E-state index in [2.05, 4.69) is 0 Å². The number of esters is 1. The molecule has 1 aliphatic rings. The summed E-state index contributed by atoms with van der Waals surface area (Å²) in [4.78, 5) is 28.4. The van der Waals surface area contributed by atoms with E-state index < -0.39 is 24.3 Å². The highest BCUT2D eigenvalue weighted by atomic mass is 19.1. The SMILES string of the molecule is CN(C)c1ccc(N([O-])O)cc1C(=O)OCC(=O)N(Cc1ccccc1F)C1CC1. The van der Waals surface area contributed by atoms with Gasteiger partial charge < -0.3 is 25.0 Å². The summed E-state index contributed by atoms with van der Waals surface area (Å²) in [6, 6.07) is 10.3. The number of carbonyl (C=O) groups excluding carboxylic acids is 2. The summed E-state index contributed by atoms with van der Waals surface area (Å²) in [5.74, 6) is -1.63. The van der Waals surface area contributed by atoms with Crippen molar-refractivity contribution in [3.05, 3.63) is 64.6 Å². The highest BCUT2D eigenvalue weighted by molar-refractivity contribution is 5.98. The van der Waals surface area contributed by atoms with Crippen molar-refractivity contribution in [2.45, 2.75) is 25.4 Å². The second-order valence-electron chi connectivity index (χ2n) is 7.29. The van der Waals surface area contributed by atoms with Gasteiger partial charge in [-0.25, -0.2) is 9.18 Å². The lowest BCUT2D eigenvalue weighted by atomic mass is 10.1. The molecule has 1 saturated carbocycles. The van der Waals surface area contributed by atoms with Crippen molar-refractivity contribution in [1.29, 1.82) is 0 Å². The van der Waals surface area contributed by atoms with E-state index in [1.807, 2.05) is 0 Å². The Kier molecular flexibility index (Phi) is 6.53. The van der Waals surface area contributed by atoms with Gasteiger partial charge in [0.2, 0.25) is 0 Å². The van der Waals surface area contributed by atoms with Gasteiger partial charge in [-0.15, -0.1) is 0 Å². The summed E-state index contributed by atoms with van der Waals surface area (Å²) >= 11 is 0. The van der Waals surface area contributed by atoms with E-state index in [4.69, 9.17) is 9.94 Å². The molecule has 1 fully saturated rings. The average Bonchev–Trinajstić information content (AvgIpc) is 3.55. The Morgan fingerprint density at radius 2 is 1.90 bits per heavy atom. The monoisotopic (exact) mass is 416 g/mol. The molecule has 0 bridgehead atoms. The van der Waals surface area contributed by atoms with Crippen LogP contribution in [0.4, 0.5) is 15.8 Å². The number of rotatable bonds is 8. The van der Waals surface area contributed by atoms with E-state index in [9.17, 15) is 19.2 Å². The maximum Gasteiger partial charge on any atom is 0.340 e. The van der Waals surface area contributed by atoms with Gasteiger partial charge >= 0.3 is 5.97 Å².